The molecule has 0 aliphatic carbocycles. The molecule has 2 aromatic carbocycles. The molecule has 32 heavy (non-hydrogen) atoms. The molecular weight excluding hydrogens is 424 g/mol. The normalized spacial score (nSPS) is 16.3. The van der Waals surface area contributed by atoms with Gasteiger partial charge in [-0.15, -0.1) is 0 Å². The highest BCUT2D eigenvalue weighted by atomic mass is 32.1. The van der Waals surface area contributed by atoms with E-state index in [-0.39, 0.29) is 6.04 Å². The van der Waals surface area contributed by atoms with Crippen LogP contribution in [-0.2, 0) is 4.74 Å². The molecule has 1 N–H and O–H groups in total. The summed E-state index contributed by atoms with van der Waals surface area (Å²) in [5.41, 5.74) is 3.79. The second-order valence-corrected chi connectivity index (χ2v) is 7.83. The smallest absolute Gasteiger partial charge is 0.258 e. The zero-order valence-corrected chi connectivity index (χ0v) is 19.2. The summed E-state index contributed by atoms with van der Waals surface area (Å²) in [6, 6.07) is 17.5. The van der Waals surface area contributed by atoms with Gasteiger partial charge in [0.15, 0.2) is 5.11 Å². The predicted octanol–water partition coefficient (Wildman–Crippen LogP) is 4.44. The van der Waals surface area contributed by atoms with Crippen LogP contribution in [-0.4, -0.2) is 47.5 Å². The lowest BCUT2D eigenvalue weighted by atomic mass is 9.95. The number of aromatic nitrogens is 2. The lowest BCUT2D eigenvalue weighted by Crippen LogP contribution is -2.46. The number of methoxy groups -OCH3 is 2. The van der Waals surface area contributed by atoms with Crippen LogP contribution >= 0.6 is 12.2 Å². The van der Waals surface area contributed by atoms with Crippen molar-refractivity contribution in [1.82, 2.24) is 20.4 Å². The fraction of sp³-hybridized carbons (Fsp3) is 0.292. The minimum atomic E-state index is -0.194. The molecule has 4 rings (SSSR count). The maximum Gasteiger partial charge on any atom is 0.258 e. The van der Waals surface area contributed by atoms with Gasteiger partial charge in [0, 0.05) is 31.5 Å². The van der Waals surface area contributed by atoms with Gasteiger partial charge in [0.25, 0.3) is 5.89 Å². The maximum atomic E-state index is 5.77. The molecule has 1 aliphatic heterocycles. The molecule has 1 aromatic heterocycles. The molecule has 0 amide bonds. The third-order valence-corrected chi connectivity index (χ3v) is 5.78. The number of nitrogens with one attached hydrogen (secondary N) is 1. The molecule has 2 heterocycles. The third kappa shape index (κ3) is 4.51. The first-order valence-corrected chi connectivity index (χ1v) is 10.8. The number of hydrogen-bond donors (Lipinski definition) is 1. The number of allylic oxidation sites excluding steroid dienone is 1. The molecule has 1 aliphatic rings. The topological polar surface area (TPSA) is 72.7 Å². The molecule has 0 radical (unpaired) electrons. The van der Waals surface area contributed by atoms with Crippen LogP contribution in [0.4, 0.5) is 0 Å². The highest BCUT2D eigenvalue weighted by molar-refractivity contribution is 7.80. The van der Waals surface area contributed by atoms with Crippen molar-refractivity contribution in [1.29, 1.82) is 0 Å². The number of benzene rings is 2. The first-order chi connectivity index (χ1) is 15.6. The van der Waals surface area contributed by atoms with Crippen molar-refractivity contribution in [2.24, 2.45) is 0 Å². The van der Waals surface area contributed by atoms with Crippen LogP contribution < -0.4 is 10.1 Å². The van der Waals surface area contributed by atoms with E-state index in [0.29, 0.717) is 23.4 Å². The molecule has 1 atom stereocenters. The van der Waals surface area contributed by atoms with Crippen molar-refractivity contribution >= 4 is 22.9 Å². The SMILES string of the molecule is COCCCN1C(=S)NC(c2ccccc2)C(c2nc(-c3cccc(OC)c3)no2)=C1C. The van der Waals surface area contributed by atoms with Crippen LogP contribution in [0.15, 0.2) is 64.8 Å². The molecule has 8 heteroatoms. The van der Waals surface area contributed by atoms with Crippen molar-refractivity contribution < 1.29 is 14.0 Å². The van der Waals surface area contributed by atoms with Gasteiger partial charge < -0.3 is 24.2 Å². The van der Waals surface area contributed by atoms with Gasteiger partial charge in [-0.05, 0) is 43.3 Å². The van der Waals surface area contributed by atoms with E-state index in [9.17, 15) is 0 Å². The first-order valence-electron chi connectivity index (χ1n) is 10.4. The molecule has 166 valence electrons. The van der Waals surface area contributed by atoms with Crippen LogP contribution in [0.5, 0.6) is 5.75 Å². The second kappa shape index (κ2) is 9.93. The van der Waals surface area contributed by atoms with Crippen molar-refractivity contribution in [3.63, 3.8) is 0 Å². The highest BCUT2D eigenvalue weighted by Gasteiger charge is 2.33. The minimum absolute atomic E-state index is 0.194. The van der Waals surface area contributed by atoms with Gasteiger partial charge in [-0.25, -0.2) is 0 Å². The molecule has 1 unspecified atom stereocenters. The largest absolute Gasteiger partial charge is 0.497 e. The Labute approximate surface area is 193 Å². The molecular formula is C24H26N4O3S. The van der Waals surface area contributed by atoms with Gasteiger partial charge in [0.05, 0.1) is 18.7 Å². The fourth-order valence-corrected chi connectivity index (χ4v) is 4.15. The van der Waals surface area contributed by atoms with Crippen molar-refractivity contribution in [2.45, 2.75) is 19.4 Å². The molecule has 0 saturated carbocycles. The van der Waals surface area contributed by atoms with Crippen molar-refractivity contribution in [2.75, 3.05) is 27.4 Å². The summed E-state index contributed by atoms with van der Waals surface area (Å²) in [6.07, 6.45) is 0.845. The van der Waals surface area contributed by atoms with Crippen LogP contribution in [0.2, 0.25) is 0 Å². The van der Waals surface area contributed by atoms with Gasteiger partial charge in [-0.3, -0.25) is 0 Å². The Hall–Kier alpha value is -3.23. The Bertz CT molecular complexity index is 1110. The molecule has 0 spiro atoms. The standard InChI is InChI=1S/C24H26N4O3S/c1-16-20(23-26-22(27-31-23)18-11-7-12-19(15-18)30-3)21(17-9-5-4-6-10-17)25-24(32)28(16)13-8-14-29-2/h4-7,9-12,15,21H,8,13-14H2,1-3H3,(H,25,32). The van der Waals surface area contributed by atoms with Crippen LogP contribution in [0, 0.1) is 0 Å². The summed E-state index contributed by atoms with van der Waals surface area (Å²) in [6.45, 7) is 3.43. The summed E-state index contributed by atoms with van der Waals surface area (Å²) >= 11 is 5.70. The van der Waals surface area contributed by atoms with Gasteiger partial charge in [-0.2, -0.15) is 4.98 Å². The van der Waals surface area contributed by atoms with E-state index in [1.165, 1.54) is 0 Å². The third-order valence-electron chi connectivity index (χ3n) is 5.44. The van der Waals surface area contributed by atoms with Gasteiger partial charge in [0.2, 0.25) is 5.82 Å². The van der Waals surface area contributed by atoms with E-state index in [1.54, 1.807) is 14.2 Å². The summed E-state index contributed by atoms with van der Waals surface area (Å²) in [4.78, 5) is 6.80. The van der Waals surface area contributed by atoms with Crippen LogP contribution in [0.25, 0.3) is 17.0 Å². The lowest BCUT2D eigenvalue weighted by molar-refractivity contribution is 0.188. The zero-order chi connectivity index (χ0) is 22.5. The molecule has 0 saturated heterocycles. The Morgan fingerprint density at radius 2 is 1.94 bits per heavy atom. The zero-order valence-electron chi connectivity index (χ0n) is 18.4. The van der Waals surface area contributed by atoms with Gasteiger partial charge in [-0.1, -0.05) is 47.6 Å². The van der Waals surface area contributed by atoms with Gasteiger partial charge >= 0.3 is 0 Å². The Morgan fingerprint density at radius 1 is 1.12 bits per heavy atom. The Kier molecular flexibility index (Phi) is 6.82. The number of ether oxygens (including phenoxy) is 2. The van der Waals surface area contributed by atoms with E-state index in [1.807, 2.05) is 49.4 Å². The molecule has 0 bridgehead atoms. The first kappa shape index (κ1) is 22.0. The van der Waals surface area contributed by atoms with E-state index < -0.39 is 0 Å². The molecule has 7 nitrogen and oxygen atoms in total. The van der Waals surface area contributed by atoms with Crippen molar-refractivity contribution in [3.8, 4) is 17.1 Å². The summed E-state index contributed by atoms with van der Waals surface area (Å²) < 4.78 is 16.3. The predicted molar refractivity (Wildman–Crippen MR) is 127 cm³/mol. The summed E-state index contributed by atoms with van der Waals surface area (Å²) in [5, 5.41) is 8.38. The van der Waals surface area contributed by atoms with E-state index in [2.05, 4.69) is 27.5 Å². The summed E-state index contributed by atoms with van der Waals surface area (Å²) in [5.74, 6) is 1.70. The quantitative estimate of drug-likeness (QED) is 0.399. The van der Waals surface area contributed by atoms with E-state index in [4.69, 9.17) is 31.2 Å². The van der Waals surface area contributed by atoms with Crippen LogP contribution in [0.1, 0.15) is 30.8 Å². The van der Waals surface area contributed by atoms with Crippen molar-refractivity contribution in [3.05, 3.63) is 71.7 Å². The average molecular weight is 451 g/mol. The van der Waals surface area contributed by atoms with E-state index >= 15 is 0 Å². The molecule has 0 fully saturated rings. The lowest BCUT2D eigenvalue weighted by Gasteiger charge is -2.37. The fourth-order valence-electron chi connectivity index (χ4n) is 3.80. The minimum Gasteiger partial charge on any atom is -0.497 e. The van der Waals surface area contributed by atoms with Gasteiger partial charge in [0.1, 0.15) is 5.75 Å². The Morgan fingerprint density at radius 3 is 2.69 bits per heavy atom. The summed E-state index contributed by atoms with van der Waals surface area (Å²) in [7, 11) is 3.33. The highest BCUT2D eigenvalue weighted by Crippen LogP contribution is 2.37. The monoisotopic (exact) mass is 450 g/mol. The average Bonchev–Trinajstić information content (AvgIpc) is 3.31. The molecule has 3 aromatic rings. The van der Waals surface area contributed by atoms with Crippen LogP contribution in [0.3, 0.4) is 0 Å². The number of rotatable bonds is 8. The maximum absolute atomic E-state index is 5.77. The van der Waals surface area contributed by atoms with E-state index in [0.717, 1.165) is 41.1 Å². The second-order valence-electron chi connectivity index (χ2n) is 7.45. The Balaban J connectivity index is 1.76. The number of hydrogen-bond acceptors (Lipinski definition) is 6. The number of nitrogens with zero attached hydrogens (tertiary/aromatic N) is 3. The number of thiocarbonyl (C=S) groups is 1.